The van der Waals surface area contributed by atoms with Crippen LogP contribution in [0.5, 0.6) is 0 Å². The molecule has 0 aliphatic carbocycles. The minimum atomic E-state index is -0.963. The number of benzene rings is 2. The van der Waals surface area contributed by atoms with Gasteiger partial charge in [-0.1, -0.05) is 42.5 Å². The highest BCUT2D eigenvalue weighted by atomic mass is 16.5. The van der Waals surface area contributed by atoms with E-state index in [1.54, 1.807) is 12.1 Å². The highest BCUT2D eigenvalue weighted by molar-refractivity contribution is 5.87. The summed E-state index contributed by atoms with van der Waals surface area (Å²) in [6.45, 7) is 0.957. The van der Waals surface area contributed by atoms with Crippen molar-refractivity contribution in [1.29, 1.82) is 0 Å². The first-order chi connectivity index (χ1) is 12.6. The Bertz CT molecular complexity index is 746. The van der Waals surface area contributed by atoms with Crippen LogP contribution in [0.15, 0.2) is 54.6 Å². The molecule has 2 unspecified atom stereocenters. The van der Waals surface area contributed by atoms with Crippen LogP contribution < -0.4 is 10.6 Å². The molecule has 26 heavy (non-hydrogen) atoms. The van der Waals surface area contributed by atoms with Gasteiger partial charge < -0.3 is 20.5 Å². The van der Waals surface area contributed by atoms with E-state index in [4.69, 9.17) is 9.84 Å². The molecule has 3 rings (SSSR count). The number of carbonyl (C=O) groups excluding carboxylic acids is 1. The molecule has 1 aliphatic heterocycles. The molecule has 0 spiro atoms. The second-order valence-electron chi connectivity index (χ2n) is 6.32. The first-order valence-corrected chi connectivity index (χ1v) is 8.65. The van der Waals surface area contributed by atoms with Crippen molar-refractivity contribution in [3.63, 3.8) is 0 Å². The summed E-state index contributed by atoms with van der Waals surface area (Å²) < 4.78 is 5.82. The summed E-state index contributed by atoms with van der Waals surface area (Å²) >= 11 is 0. The van der Waals surface area contributed by atoms with E-state index in [0.717, 1.165) is 24.0 Å². The van der Waals surface area contributed by atoms with E-state index in [-0.39, 0.29) is 23.7 Å². The Hall–Kier alpha value is -2.86. The van der Waals surface area contributed by atoms with E-state index in [2.05, 4.69) is 10.6 Å². The van der Waals surface area contributed by atoms with Crippen molar-refractivity contribution in [2.24, 2.45) is 0 Å². The minimum Gasteiger partial charge on any atom is -0.478 e. The van der Waals surface area contributed by atoms with E-state index < -0.39 is 5.97 Å². The lowest BCUT2D eigenvalue weighted by molar-refractivity contribution is 0.00225. The van der Waals surface area contributed by atoms with Crippen molar-refractivity contribution in [2.45, 2.75) is 31.5 Å². The summed E-state index contributed by atoms with van der Waals surface area (Å²) in [4.78, 5) is 23.0. The van der Waals surface area contributed by atoms with Gasteiger partial charge in [0.25, 0.3) is 0 Å². The lowest BCUT2D eigenvalue weighted by atomic mass is 9.97. The second-order valence-corrected chi connectivity index (χ2v) is 6.32. The SMILES string of the molecule is O=C(NCc1ccc(C(=O)O)cc1)NC1CCOC(c2ccccc2)C1. The van der Waals surface area contributed by atoms with Crippen LogP contribution in [-0.4, -0.2) is 29.8 Å². The Morgan fingerprint density at radius 2 is 1.81 bits per heavy atom. The average molecular weight is 354 g/mol. The molecule has 2 atom stereocenters. The summed E-state index contributed by atoms with van der Waals surface area (Å²) in [6.07, 6.45) is 1.52. The quantitative estimate of drug-likeness (QED) is 0.770. The standard InChI is InChI=1S/C20H22N2O4/c23-19(24)16-8-6-14(7-9-16)13-21-20(25)22-17-10-11-26-18(12-17)15-4-2-1-3-5-15/h1-9,17-18H,10-13H2,(H,23,24)(H2,21,22,25). The van der Waals surface area contributed by atoms with Crippen LogP contribution in [0.4, 0.5) is 4.79 Å². The van der Waals surface area contributed by atoms with Crippen molar-refractivity contribution in [1.82, 2.24) is 10.6 Å². The molecule has 1 saturated heterocycles. The van der Waals surface area contributed by atoms with Crippen molar-refractivity contribution in [3.8, 4) is 0 Å². The highest BCUT2D eigenvalue weighted by Gasteiger charge is 2.24. The molecule has 0 bridgehead atoms. The van der Waals surface area contributed by atoms with E-state index in [1.807, 2.05) is 30.3 Å². The van der Waals surface area contributed by atoms with Gasteiger partial charge in [0, 0.05) is 19.2 Å². The molecule has 2 aromatic carbocycles. The number of rotatable bonds is 5. The summed E-state index contributed by atoms with van der Waals surface area (Å²) in [7, 11) is 0. The molecule has 1 aliphatic rings. The predicted octanol–water partition coefficient (Wildman–Crippen LogP) is 3.10. The lowest BCUT2D eigenvalue weighted by Gasteiger charge is -2.30. The Morgan fingerprint density at radius 1 is 1.08 bits per heavy atom. The number of urea groups is 1. The number of hydrogen-bond acceptors (Lipinski definition) is 3. The van der Waals surface area contributed by atoms with Crippen molar-refractivity contribution < 1.29 is 19.4 Å². The summed E-state index contributed by atoms with van der Waals surface area (Å²) in [6, 6.07) is 16.3. The molecule has 0 saturated carbocycles. The third-order valence-electron chi connectivity index (χ3n) is 4.44. The van der Waals surface area contributed by atoms with Crippen molar-refractivity contribution in [2.75, 3.05) is 6.61 Å². The maximum Gasteiger partial charge on any atom is 0.335 e. The molecule has 3 N–H and O–H groups in total. The van der Waals surface area contributed by atoms with Gasteiger partial charge >= 0.3 is 12.0 Å². The van der Waals surface area contributed by atoms with Crippen LogP contribution in [0.1, 0.15) is 40.4 Å². The van der Waals surface area contributed by atoms with Gasteiger partial charge in [0.15, 0.2) is 0 Å². The predicted molar refractivity (Wildman–Crippen MR) is 96.9 cm³/mol. The van der Waals surface area contributed by atoms with Gasteiger partial charge in [-0.2, -0.15) is 0 Å². The molecule has 6 heteroatoms. The number of carboxylic acid groups (broad SMARTS) is 1. The molecule has 2 amide bonds. The largest absolute Gasteiger partial charge is 0.478 e. The first kappa shape index (κ1) is 17.9. The number of carboxylic acids is 1. The zero-order valence-corrected chi connectivity index (χ0v) is 14.4. The van der Waals surface area contributed by atoms with Gasteiger partial charge in [-0.3, -0.25) is 0 Å². The summed E-state index contributed by atoms with van der Waals surface area (Å²) in [5.41, 5.74) is 2.20. The van der Waals surface area contributed by atoms with Gasteiger partial charge in [-0.05, 0) is 36.1 Å². The van der Waals surface area contributed by atoms with Crippen LogP contribution in [-0.2, 0) is 11.3 Å². The van der Waals surface area contributed by atoms with Crippen LogP contribution >= 0.6 is 0 Å². The zero-order valence-electron chi connectivity index (χ0n) is 14.4. The van der Waals surface area contributed by atoms with Crippen LogP contribution in [0.25, 0.3) is 0 Å². The van der Waals surface area contributed by atoms with E-state index in [1.165, 1.54) is 12.1 Å². The number of hydrogen-bond donors (Lipinski definition) is 3. The lowest BCUT2D eigenvalue weighted by Crippen LogP contribution is -2.44. The minimum absolute atomic E-state index is 0.00110. The summed E-state index contributed by atoms with van der Waals surface area (Å²) in [5.74, 6) is -0.963. The molecule has 1 fully saturated rings. The molecular formula is C20H22N2O4. The van der Waals surface area contributed by atoms with Gasteiger partial charge in [-0.25, -0.2) is 9.59 Å². The molecule has 2 aromatic rings. The zero-order chi connectivity index (χ0) is 18.4. The normalized spacial score (nSPS) is 19.5. The van der Waals surface area contributed by atoms with Gasteiger partial charge in [0.1, 0.15) is 0 Å². The third-order valence-corrected chi connectivity index (χ3v) is 4.44. The van der Waals surface area contributed by atoms with E-state index in [9.17, 15) is 9.59 Å². The summed E-state index contributed by atoms with van der Waals surface area (Å²) in [5, 5.41) is 14.7. The number of nitrogens with one attached hydrogen (secondary N) is 2. The number of aromatic carboxylic acids is 1. The smallest absolute Gasteiger partial charge is 0.335 e. The van der Waals surface area contributed by atoms with Crippen LogP contribution in [0.2, 0.25) is 0 Å². The average Bonchev–Trinajstić information content (AvgIpc) is 2.67. The first-order valence-electron chi connectivity index (χ1n) is 8.65. The number of carbonyl (C=O) groups is 2. The fraction of sp³-hybridized carbons (Fsp3) is 0.300. The van der Waals surface area contributed by atoms with Crippen LogP contribution in [0.3, 0.4) is 0 Å². The fourth-order valence-corrected chi connectivity index (χ4v) is 3.01. The van der Waals surface area contributed by atoms with Crippen LogP contribution in [0, 0.1) is 0 Å². The molecule has 0 aromatic heterocycles. The Morgan fingerprint density at radius 3 is 2.50 bits per heavy atom. The van der Waals surface area contributed by atoms with Gasteiger partial charge in [-0.15, -0.1) is 0 Å². The van der Waals surface area contributed by atoms with Crippen molar-refractivity contribution in [3.05, 3.63) is 71.3 Å². The molecule has 0 radical (unpaired) electrons. The maximum atomic E-state index is 12.1. The monoisotopic (exact) mass is 354 g/mol. The van der Waals surface area contributed by atoms with E-state index in [0.29, 0.717) is 13.2 Å². The Balaban J connectivity index is 1.47. The Kier molecular flexibility index (Phi) is 5.86. The van der Waals surface area contributed by atoms with Gasteiger partial charge in [0.05, 0.1) is 11.7 Å². The molecule has 136 valence electrons. The molecule has 6 nitrogen and oxygen atoms in total. The fourth-order valence-electron chi connectivity index (χ4n) is 3.01. The third kappa shape index (κ3) is 4.83. The highest BCUT2D eigenvalue weighted by Crippen LogP contribution is 2.27. The van der Waals surface area contributed by atoms with Gasteiger partial charge in [0.2, 0.25) is 0 Å². The second kappa shape index (κ2) is 8.49. The molecular weight excluding hydrogens is 332 g/mol. The van der Waals surface area contributed by atoms with E-state index >= 15 is 0 Å². The number of ether oxygens (including phenoxy) is 1. The molecule has 1 heterocycles. The Labute approximate surface area is 152 Å². The topological polar surface area (TPSA) is 87.7 Å². The number of amides is 2. The maximum absolute atomic E-state index is 12.1. The van der Waals surface area contributed by atoms with Crippen molar-refractivity contribution >= 4 is 12.0 Å².